The van der Waals surface area contributed by atoms with E-state index in [9.17, 15) is 4.79 Å². The number of ether oxygens (including phenoxy) is 2. The second-order valence-electron chi connectivity index (χ2n) is 5.83. The van der Waals surface area contributed by atoms with Crippen LogP contribution in [-0.4, -0.2) is 20.1 Å². The average Bonchev–Trinajstić information content (AvgIpc) is 2.59. The number of carbonyl (C=O) groups is 1. The Morgan fingerprint density at radius 2 is 1.70 bits per heavy atom. The molecule has 23 heavy (non-hydrogen) atoms. The number of benzene rings is 2. The molecule has 0 saturated carbocycles. The molecular formula is C19H23NO3. The molecule has 0 fully saturated rings. The molecule has 0 unspecified atom stereocenters. The van der Waals surface area contributed by atoms with Gasteiger partial charge in [0.05, 0.1) is 19.6 Å². The van der Waals surface area contributed by atoms with E-state index in [-0.39, 0.29) is 5.91 Å². The second-order valence-corrected chi connectivity index (χ2v) is 5.83. The molecular weight excluding hydrogens is 290 g/mol. The van der Waals surface area contributed by atoms with E-state index in [0.29, 0.717) is 18.0 Å². The van der Waals surface area contributed by atoms with Gasteiger partial charge in [-0.05, 0) is 25.5 Å². The van der Waals surface area contributed by atoms with Crippen molar-refractivity contribution in [3.05, 3.63) is 59.7 Å². The van der Waals surface area contributed by atoms with Crippen LogP contribution in [-0.2, 0) is 16.8 Å². The fraction of sp³-hybridized carbons (Fsp3) is 0.316. The smallest absolute Gasteiger partial charge is 0.230 e. The maximum Gasteiger partial charge on any atom is 0.230 e. The summed E-state index contributed by atoms with van der Waals surface area (Å²) < 4.78 is 10.7. The zero-order valence-electron chi connectivity index (χ0n) is 14.1. The van der Waals surface area contributed by atoms with Crippen LogP contribution in [0.2, 0.25) is 0 Å². The third-order valence-electron chi connectivity index (χ3n) is 3.99. The topological polar surface area (TPSA) is 47.6 Å². The van der Waals surface area contributed by atoms with Gasteiger partial charge in [-0.1, -0.05) is 42.5 Å². The van der Waals surface area contributed by atoms with Crippen molar-refractivity contribution in [3.63, 3.8) is 0 Å². The predicted molar refractivity (Wildman–Crippen MR) is 90.9 cm³/mol. The Bertz CT molecular complexity index is 666. The molecule has 0 heterocycles. The Labute approximate surface area is 137 Å². The van der Waals surface area contributed by atoms with Gasteiger partial charge in [0.2, 0.25) is 5.91 Å². The van der Waals surface area contributed by atoms with Crippen molar-refractivity contribution in [2.24, 2.45) is 0 Å². The number of amides is 1. The SMILES string of the molecule is COc1cccc(CNC(=O)C(C)(C)c2ccccc2)c1OC. The van der Waals surface area contributed by atoms with Crippen molar-refractivity contribution in [2.45, 2.75) is 25.8 Å². The third kappa shape index (κ3) is 3.65. The Morgan fingerprint density at radius 3 is 2.30 bits per heavy atom. The Kier molecular flexibility index (Phi) is 5.27. The van der Waals surface area contributed by atoms with Crippen molar-refractivity contribution < 1.29 is 14.3 Å². The van der Waals surface area contributed by atoms with Gasteiger partial charge < -0.3 is 14.8 Å². The first-order valence-electron chi connectivity index (χ1n) is 7.54. The molecule has 0 radical (unpaired) electrons. The van der Waals surface area contributed by atoms with E-state index in [0.717, 1.165) is 11.1 Å². The summed E-state index contributed by atoms with van der Waals surface area (Å²) in [5.41, 5.74) is 1.26. The minimum Gasteiger partial charge on any atom is -0.493 e. The number of para-hydroxylation sites is 1. The number of nitrogens with one attached hydrogen (secondary N) is 1. The van der Waals surface area contributed by atoms with Gasteiger partial charge in [0.1, 0.15) is 0 Å². The predicted octanol–water partition coefficient (Wildman–Crippen LogP) is 3.30. The van der Waals surface area contributed by atoms with Gasteiger partial charge in [-0.25, -0.2) is 0 Å². The van der Waals surface area contributed by atoms with Crippen molar-refractivity contribution in [1.82, 2.24) is 5.32 Å². The lowest BCUT2D eigenvalue weighted by molar-refractivity contribution is -0.125. The van der Waals surface area contributed by atoms with E-state index in [1.165, 1.54) is 0 Å². The van der Waals surface area contributed by atoms with E-state index in [4.69, 9.17) is 9.47 Å². The van der Waals surface area contributed by atoms with Gasteiger partial charge in [-0.3, -0.25) is 4.79 Å². The highest BCUT2D eigenvalue weighted by Crippen LogP contribution is 2.31. The van der Waals surface area contributed by atoms with Gasteiger partial charge in [0.15, 0.2) is 11.5 Å². The number of carbonyl (C=O) groups excluding carboxylic acids is 1. The maximum atomic E-state index is 12.6. The van der Waals surface area contributed by atoms with E-state index >= 15 is 0 Å². The first kappa shape index (κ1) is 16.9. The molecule has 0 aliphatic carbocycles. The Hall–Kier alpha value is -2.49. The molecule has 4 nitrogen and oxygen atoms in total. The molecule has 122 valence electrons. The minimum absolute atomic E-state index is 0.0337. The standard InChI is InChI=1S/C19H23NO3/c1-19(2,15-10-6-5-7-11-15)18(21)20-13-14-9-8-12-16(22-3)17(14)23-4/h5-12H,13H2,1-4H3,(H,20,21). The fourth-order valence-electron chi connectivity index (χ4n) is 2.48. The van der Waals surface area contributed by atoms with Crippen molar-refractivity contribution in [1.29, 1.82) is 0 Å². The second kappa shape index (κ2) is 7.18. The Balaban J connectivity index is 2.13. The van der Waals surface area contributed by atoms with E-state index in [1.807, 2.05) is 62.4 Å². The molecule has 0 aliphatic rings. The summed E-state index contributed by atoms with van der Waals surface area (Å²) in [4.78, 5) is 12.6. The van der Waals surface area contributed by atoms with E-state index < -0.39 is 5.41 Å². The largest absolute Gasteiger partial charge is 0.493 e. The van der Waals surface area contributed by atoms with Crippen LogP contribution in [0.3, 0.4) is 0 Å². The fourth-order valence-corrected chi connectivity index (χ4v) is 2.48. The quantitative estimate of drug-likeness (QED) is 0.890. The molecule has 0 aromatic heterocycles. The van der Waals surface area contributed by atoms with Gasteiger partial charge in [0, 0.05) is 12.1 Å². The molecule has 2 rings (SSSR count). The maximum absolute atomic E-state index is 12.6. The highest BCUT2D eigenvalue weighted by atomic mass is 16.5. The molecule has 1 amide bonds. The molecule has 1 N–H and O–H groups in total. The van der Waals surface area contributed by atoms with Crippen molar-refractivity contribution in [3.8, 4) is 11.5 Å². The summed E-state index contributed by atoms with van der Waals surface area (Å²) in [6, 6.07) is 15.4. The van der Waals surface area contributed by atoms with Crippen molar-refractivity contribution in [2.75, 3.05) is 14.2 Å². The zero-order chi connectivity index (χ0) is 16.9. The summed E-state index contributed by atoms with van der Waals surface area (Å²) in [6.07, 6.45) is 0. The monoisotopic (exact) mass is 313 g/mol. The zero-order valence-corrected chi connectivity index (χ0v) is 14.1. The summed E-state index contributed by atoms with van der Waals surface area (Å²) in [6.45, 7) is 4.22. The highest BCUT2D eigenvalue weighted by Gasteiger charge is 2.29. The van der Waals surface area contributed by atoms with Crippen LogP contribution in [0.15, 0.2) is 48.5 Å². The lowest BCUT2D eigenvalue weighted by Crippen LogP contribution is -2.39. The van der Waals surface area contributed by atoms with E-state index in [2.05, 4.69) is 5.32 Å². The molecule has 2 aromatic carbocycles. The highest BCUT2D eigenvalue weighted by molar-refractivity contribution is 5.87. The lowest BCUT2D eigenvalue weighted by Gasteiger charge is -2.24. The Morgan fingerprint density at radius 1 is 1.00 bits per heavy atom. The number of hydrogen-bond acceptors (Lipinski definition) is 3. The van der Waals surface area contributed by atoms with Crippen LogP contribution in [0.4, 0.5) is 0 Å². The molecule has 0 bridgehead atoms. The van der Waals surface area contributed by atoms with Crippen LogP contribution in [0.5, 0.6) is 11.5 Å². The molecule has 0 aliphatic heterocycles. The molecule has 2 aromatic rings. The molecule has 0 spiro atoms. The number of methoxy groups -OCH3 is 2. The first-order chi connectivity index (χ1) is 11.0. The summed E-state index contributed by atoms with van der Waals surface area (Å²) in [5, 5.41) is 2.99. The summed E-state index contributed by atoms with van der Waals surface area (Å²) in [5.74, 6) is 1.27. The van der Waals surface area contributed by atoms with Gasteiger partial charge in [-0.2, -0.15) is 0 Å². The van der Waals surface area contributed by atoms with Crippen LogP contribution < -0.4 is 14.8 Å². The summed E-state index contributed by atoms with van der Waals surface area (Å²) >= 11 is 0. The minimum atomic E-state index is -0.604. The van der Waals surface area contributed by atoms with Crippen molar-refractivity contribution >= 4 is 5.91 Å². The van der Waals surface area contributed by atoms with Crippen LogP contribution in [0.25, 0.3) is 0 Å². The third-order valence-corrected chi connectivity index (χ3v) is 3.99. The first-order valence-corrected chi connectivity index (χ1v) is 7.54. The van der Waals surface area contributed by atoms with Crippen LogP contribution >= 0.6 is 0 Å². The van der Waals surface area contributed by atoms with E-state index in [1.54, 1.807) is 14.2 Å². The summed E-state index contributed by atoms with van der Waals surface area (Å²) in [7, 11) is 3.19. The van der Waals surface area contributed by atoms with Gasteiger partial charge in [0.25, 0.3) is 0 Å². The van der Waals surface area contributed by atoms with Crippen LogP contribution in [0, 0.1) is 0 Å². The van der Waals surface area contributed by atoms with Crippen LogP contribution in [0.1, 0.15) is 25.0 Å². The average molecular weight is 313 g/mol. The molecule has 0 saturated heterocycles. The molecule has 4 heteroatoms. The number of rotatable bonds is 6. The lowest BCUT2D eigenvalue weighted by atomic mass is 9.84. The number of hydrogen-bond donors (Lipinski definition) is 1. The van der Waals surface area contributed by atoms with Gasteiger partial charge >= 0.3 is 0 Å². The molecule has 0 atom stereocenters. The van der Waals surface area contributed by atoms with Gasteiger partial charge in [-0.15, -0.1) is 0 Å². The normalized spacial score (nSPS) is 11.0.